The fourth-order valence-electron chi connectivity index (χ4n) is 1.72. The van der Waals surface area contributed by atoms with Crippen LogP contribution in [0.25, 0.3) is 0 Å². The number of carbonyl (C=O) groups excluding carboxylic acids is 1. The molecule has 0 radical (unpaired) electrons. The van der Waals surface area contributed by atoms with E-state index in [4.69, 9.17) is 5.73 Å². The largest absolute Gasteiger partial charge is 0.347 e. The first-order valence-corrected chi connectivity index (χ1v) is 7.33. The summed E-state index contributed by atoms with van der Waals surface area (Å²) < 4.78 is 0. The van der Waals surface area contributed by atoms with E-state index in [-0.39, 0.29) is 17.4 Å². The SMILES string of the molecule is CCCC(NC(=O)[C@H](N)C(C)(C)C)c1cccs1. The van der Waals surface area contributed by atoms with Crippen molar-refractivity contribution in [1.29, 1.82) is 0 Å². The van der Waals surface area contributed by atoms with E-state index in [9.17, 15) is 4.79 Å². The van der Waals surface area contributed by atoms with E-state index in [1.807, 2.05) is 32.2 Å². The summed E-state index contributed by atoms with van der Waals surface area (Å²) in [6.07, 6.45) is 1.98. The van der Waals surface area contributed by atoms with Gasteiger partial charge in [0, 0.05) is 4.88 Å². The topological polar surface area (TPSA) is 55.1 Å². The van der Waals surface area contributed by atoms with Gasteiger partial charge in [-0.05, 0) is 23.3 Å². The maximum absolute atomic E-state index is 12.1. The predicted octanol–water partition coefficient (Wildman–Crippen LogP) is 3.08. The number of hydrogen-bond acceptors (Lipinski definition) is 3. The number of rotatable bonds is 5. The van der Waals surface area contributed by atoms with Crippen molar-refractivity contribution < 1.29 is 4.79 Å². The lowest BCUT2D eigenvalue weighted by Crippen LogP contribution is -2.49. The molecule has 0 saturated heterocycles. The summed E-state index contributed by atoms with van der Waals surface area (Å²) in [5.74, 6) is -0.0608. The average molecular weight is 268 g/mol. The van der Waals surface area contributed by atoms with Crippen LogP contribution in [0.2, 0.25) is 0 Å². The molecule has 3 nitrogen and oxygen atoms in total. The van der Waals surface area contributed by atoms with Gasteiger partial charge in [0.15, 0.2) is 0 Å². The Kier molecular flexibility index (Phi) is 5.35. The Morgan fingerprint density at radius 2 is 2.17 bits per heavy atom. The van der Waals surface area contributed by atoms with Crippen molar-refractivity contribution in [2.24, 2.45) is 11.1 Å². The molecule has 0 saturated carbocycles. The minimum Gasteiger partial charge on any atom is -0.347 e. The molecule has 102 valence electrons. The van der Waals surface area contributed by atoms with Gasteiger partial charge in [0.1, 0.15) is 0 Å². The zero-order valence-corrected chi connectivity index (χ0v) is 12.5. The zero-order valence-electron chi connectivity index (χ0n) is 11.7. The number of hydrogen-bond donors (Lipinski definition) is 2. The van der Waals surface area contributed by atoms with Gasteiger partial charge < -0.3 is 11.1 Å². The smallest absolute Gasteiger partial charge is 0.237 e. The van der Waals surface area contributed by atoms with Gasteiger partial charge in [-0.3, -0.25) is 4.79 Å². The first-order chi connectivity index (χ1) is 8.36. The van der Waals surface area contributed by atoms with Crippen LogP contribution in [-0.4, -0.2) is 11.9 Å². The molecule has 1 heterocycles. The molecule has 0 aliphatic carbocycles. The van der Waals surface area contributed by atoms with Gasteiger partial charge in [0.05, 0.1) is 12.1 Å². The molecule has 1 rings (SSSR count). The molecular weight excluding hydrogens is 244 g/mol. The van der Waals surface area contributed by atoms with E-state index in [0.717, 1.165) is 12.8 Å². The summed E-state index contributed by atoms with van der Waals surface area (Å²) in [7, 11) is 0. The summed E-state index contributed by atoms with van der Waals surface area (Å²) in [6.45, 7) is 8.07. The van der Waals surface area contributed by atoms with Crippen molar-refractivity contribution in [3.8, 4) is 0 Å². The third kappa shape index (κ3) is 4.10. The highest BCUT2D eigenvalue weighted by molar-refractivity contribution is 7.10. The molecule has 18 heavy (non-hydrogen) atoms. The molecule has 0 aliphatic heterocycles. The summed E-state index contributed by atoms with van der Waals surface area (Å²) in [5.41, 5.74) is 5.77. The molecule has 0 fully saturated rings. The van der Waals surface area contributed by atoms with E-state index >= 15 is 0 Å². The Bertz CT molecular complexity index is 368. The zero-order chi connectivity index (χ0) is 13.8. The second-order valence-electron chi connectivity index (χ2n) is 5.71. The van der Waals surface area contributed by atoms with E-state index < -0.39 is 6.04 Å². The van der Waals surface area contributed by atoms with Gasteiger partial charge in [-0.25, -0.2) is 0 Å². The van der Waals surface area contributed by atoms with E-state index in [0.29, 0.717) is 0 Å². The van der Waals surface area contributed by atoms with Gasteiger partial charge in [-0.1, -0.05) is 40.2 Å². The third-order valence-corrected chi connectivity index (χ3v) is 3.98. The fourth-order valence-corrected chi connectivity index (χ4v) is 2.53. The number of nitrogens with two attached hydrogens (primary N) is 1. The maximum Gasteiger partial charge on any atom is 0.237 e. The summed E-state index contributed by atoms with van der Waals surface area (Å²) >= 11 is 1.68. The van der Waals surface area contributed by atoms with Crippen LogP contribution in [0.4, 0.5) is 0 Å². The summed E-state index contributed by atoms with van der Waals surface area (Å²) in [6, 6.07) is 3.69. The molecule has 2 atom stereocenters. The third-order valence-electron chi connectivity index (χ3n) is 3.00. The number of amides is 1. The molecular formula is C14H24N2OS. The highest BCUT2D eigenvalue weighted by Gasteiger charge is 2.29. The summed E-state index contributed by atoms with van der Waals surface area (Å²) in [4.78, 5) is 13.3. The standard InChI is InChI=1S/C14H24N2OS/c1-5-7-10(11-8-6-9-18-11)16-13(17)12(15)14(2,3)4/h6,8-10,12H,5,7,15H2,1-4H3,(H,16,17)/t10?,12-/m0/s1. The second-order valence-corrected chi connectivity index (χ2v) is 6.69. The molecule has 1 aromatic rings. The van der Waals surface area contributed by atoms with E-state index in [2.05, 4.69) is 18.3 Å². The summed E-state index contributed by atoms with van der Waals surface area (Å²) in [5, 5.41) is 5.11. The number of thiophene rings is 1. The van der Waals surface area contributed by atoms with Crippen molar-refractivity contribution in [3.63, 3.8) is 0 Å². The van der Waals surface area contributed by atoms with Crippen LogP contribution in [0, 0.1) is 5.41 Å². The van der Waals surface area contributed by atoms with Crippen LogP contribution in [0.3, 0.4) is 0 Å². The molecule has 3 N–H and O–H groups in total. The Hall–Kier alpha value is -0.870. The van der Waals surface area contributed by atoms with Crippen LogP contribution in [0.5, 0.6) is 0 Å². The van der Waals surface area contributed by atoms with Gasteiger partial charge in [0.2, 0.25) is 5.91 Å². The maximum atomic E-state index is 12.1. The molecule has 0 aromatic carbocycles. The van der Waals surface area contributed by atoms with Gasteiger partial charge in [-0.2, -0.15) is 0 Å². The van der Waals surface area contributed by atoms with Crippen LogP contribution in [0.15, 0.2) is 17.5 Å². The molecule has 0 bridgehead atoms. The van der Waals surface area contributed by atoms with Crippen LogP contribution < -0.4 is 11.1 Å². The number of carbonyl (C=O) groups is 1. The molecule has 0 spiro atoms. The van der Waals surface area contributed by atoms with Gasteiger partial charge in [-0.15, -0.1) is 11.3 Å². The Balaban J connectivity index is 2.70. The highest BCUT2D eigenvalue weighted by Crippen LogP contribution is 2.24. The van der Waals surface area contributed by atoms with Crippen LogP contribution in [0.1, 0.15) is 51.5 Å². The van der Waals surface area contributed by atoms with E-state index in [1.54, 1.807) is 11.3 Å². The van der Waals surface area contributed by atoms with Crippen LogP contribution >= 0.6 is 11.3 Å². The lowest BCUT2D eigenvalue weighted by molar-refractivity contribution is -0.125. The Morgan fingerprint density at radius 1 is 1.50 bits per heavy atom. The lowest BCUT2D eigenvalue weighted by atomic mass is 9.86. The molecule has 1 amide bonds. The quantitative estimate of drug-likeness (QED) is 0.862. The van der Waals surface area contributed by atoms with Crippen molar-refractivity contribution >= 4 is 17.2 Å². The molecule has 0 aliphatic rings. The van der Waals surface area contributed by atoms with Crippen molar-refractivity contribution in [2.75, 3.05) is 0 Å². The molecule has 4 heteroatoms. The Morgan fingerprint density at radius 3 is 2.61 bits per heavy atom. The minimum absolute atomic E-state index is 0.0608. The van der Waals surface area contributed by atoms with E-state index in [1.165, 1.54) is 4.88 Å². The van der Waals surface area contributed by atoms with Gasteiger partial charge >= 0.3 is 0 Å². The number of nitrogens with one attached hydrogen (secondary N) is 1. The average Bonchev–Trinajstić information content (AvgIpc) is 2.79. The fraction of sp³-hybridized carbons (Fsp3) is 0.643. The lowest BCUT2D eigenvalue weighted by Gasteiger charge is -2.28. The first kappa shape index (κ1) is 15.2. The van der Waals surface area contributed by atoms with Crippen molar-refractivity contribution in [1.82, 2.24) is 5.32 Å². The Labute approximate surface area is 114 Å². The predicted molar refractivity (Wildman–Crippen MR) is 77.5 cm³/mol. The molecule has 1 aromatic heterocycles. The molecule has 1 unspecified atom stereocenters. The monoisotopic (exact) mass is 268 g/mol. The van der Waals surface area contributed by atoms with Crippen molar-refractivity contribution in [3.05, 3.63) is 22.4 Å². The highest BCUT2D eigenvalue weighted by atomic mass is 32.1. The van der Waals surface area contributed by atoms with Gasteiger partial charge in [0.25, 0.3) is 0 Å². The van der Waals surface area contributed by atoms with Crippen LogP contribution in [-0.2, 0) is 4.79 Å². The second kappa shape index (κ2) is 6.34. The normalized spacial score (nSPS) is 15.2. The first-order valence-electron chi connectivity index (χ1n) is 6.45. The van der Waals surface area contributed by atoms with Crippen molar-refractivity contribution in [2.45, 2.75) is 52.6 Å². The minimum atomic E-state index is -0.475.